The summed E-state index contributed by atoms with van der Waals surface area (Å²) in [4.78, 5) is 24.0. The van der Waals surface area contributed by atoms with E-state index >= 15 is 0 Å². The van der Waals surface area contributed by atoms with Crippen molar-refractivity contribution in [3.05, 3.63) is 0 Å². The Bertz CT molecular complexity index is 298. The molecule has 0 heterocycles. The lowest BCUT2D eigenvalue weighted by atomic mass is 9.88. The summed E-state index contributed by atoms with van der Waals surface area (Å²) in [6, 6.07) is -0.466. The Morgan fingerprint density at radius 2 is 1.85 bits per heavy atom. The van der Waals surface area contributed by atoms with E-state index in [4.69, 9.17) is 4.74 Å². The van der Waals surface area contributed by atoms with Crippen molar-refractivity contribution >= 4 is 11.9 Å². The van der Waals surface area contributed by atoms with Crippen LogP contribution in [0.5, 0.6) is 0 Å². The third-order valence-electron chi connectivity index (χ3n) is 4.12. The molecule has 1 atom stereocenters. The highest BCUT2D eigenvalue weighted by Crippen LogP contribution is 2.24. The Hall–Kier alpha value is -1.06. The first kappa shape index (κ1) is 17.0. The molecule has 1 amide bonds. The summed E-state index contributed by atoms with van der Waals surface area (Å²) in [5.74, 6) is -0.187. The molecule has 0 saturated heterocycles. The van der Waals surface area contributed by atoms with E-state index in [1.54, 1.807) is 0 Å². The van der Waals surface area contributed by atoms with Crippen LogP contribution < -0.4 is 5.32 Å². The van der Waals surface area contributed by atoms with Gasteiger partial charge < -0.3 is 10.1 Å². The van der Waals surface area contributed by atoms with Crippen molar-refractivity contribution in [1.82, 2.24) is 5.32 Å². The van der Waals surface area contributed by atoms with Gasteiger partial charge in [-0.05, 0) is 19.3 Å². The Balaban J connectivity index is 2.41. The summed E-state index contributed by atoms with van der Waals surface area (Å²) >= 11 is 0. The average Bonchev–Trinajstić information content (AvgIpc) is 2.50. The van der Waals surface area contributed by atoms with Crippen molar-refractivity contribution in [2.24, 2.45) is 5.92 Å². The number of carbonyl (C=O) groups excluding carboxylic acids is 2. The Morgan fingerprint density at radius 3 is 2.45 bits per heavy atom. The molecule has 0 radical (unpaired) electrons. The minimum atomic E-state index is -0.466. The van der Waals surface area contributed by atoms with Gasteiger partial charge in [0.1, 0.15) is 6.04 Å². The van der Waals surface area contributed by atoms with Crippen LogP contribution in [-0.4, -0.2) is 25.0 Å². The summed E-state index contributed by atoms with van der Waals surface area (Å²) in [6.45, 7) is 2.16. The van der Waals surface area contributed by atoms with Gasteiger partial charge in [-0.3, -0.25) is 4.79 Å². The second kappa shape index (κ2) is 9.78. The normalized spacial score (nSPS) is 17.5. The van der Waals surface area contributed by atoms with Crippen molar-refractivity contribution in [2.75, 3.05) is 7.11 Å². The van der Waals surface area contributed by atoms with Gasteiger partial charge in [0, 0.05) is 5.92 Å². The minimum Gasteiger partial charge on any atom is -0.467 e. The van der Waals surface area contributed by atoms with Gasteiger partial charge in [0.05, 0.1) is 7.11 Å². The quantitative estimate of drug-likeness (QED) is 0.550. The lowest BCUT2D eigenvalue weighted by molar-refractivity contribution is -0.146. The molecule has 1 rings (SSSR count). The molecule has 1 N–H and O–H groups in total. The molecule has 0 aromatic rings. The number of hydrogen-bond acceptors (Lipinski definition) is 3. The predicted octanol–water partition coefficient (Wildman–Crippen LogP) is 3.19. The third kappa shape index (κ3) is 5.93. The van der Waals surface area contributed by atoms with Gasteiger partial charge in [0.2, 0.25) is 5.91 Å². The predicted molar refractivity (Wildman–Crippen MR) is 79.3 cm³/mol. The van der Waals surface area contributed by atoms with Gasteiger partial charge >= 0.3 is 5.97 Å². The van der Waals surface area contributed by atoms with Crippen LogP contribution in [0.1, 0.15) is 71.1 Å². The van der Waals surface area contributed by atoms with E-state index in [0.717, 1.165) is 44.9 Å². The lowest BCUT2D eigenvalue weighted by Gasteiger charge is -2.23. The molecule has 0 aromatic carbocycles. The number of hydrogen-bond donors (Lipinski definition) is 1. The largest absolute Gasteiger partial charge is 0.467 e. The van der Waals surface area contributed by atoms with Gasteiger partial charge in [-0.15, -0.1) is 0 Å². The van der Waals surface area contributed by atoms with Crippen LogP contribution in [-0.2, 0) is 14.3 Å². The van der Waals surface area contributed by atoms with Crippen LogP contribution >= 0.6 is 0 Å². The minimum absolute atomic E-state index is 0.0376. The summed E-state index contributed by atoms with van der Waals surface area (Å²) in [7, 11) is 1.38. The molecule has 0 bridgehead atoms. The second-order valence-electron chi connectivity index (χ2n) is 5.77. The zero-order chi connectivity index (χ0) is 14.8. The number of carbonyl (C=O) groups is 2. The molecule has 4 heteroatoms. The first-order valence-electron chi connectivity index (χ1n) is 8.07. The van der Waals surface area contributed by atoms with Crippen LogP contribution in [0, 0.1) is 5.92 Å². The van der Waals surface area contributed by atoms with Crippen LogP contribution in [0.15, 0.2) is 0 Å². The highest BCUT2D eigenvalue weighted by molar-refractivity contribution is 5.85. The molecule has 0 aromatic heterocycles. The lowest BCUT2D eigenvalue weighted by Crippen LogP contribution is -2.44. The van der Waals surface area contributed by atoms with Gasteiger partial charge in [0.25, 0.3) is 0 Å². The van der Waals surface area contributed by atoms with Gasteiger partial charge in [0.15, 0.2) is 0 Å². The number of esters is 1. The van der Waals surface area contributed by atoms with Gasteiger partial charge in [-0.2, -0.15) is 0 Å². The molecule has 116 valence electrons. The molecule has 1 fully saturated rings. The summed E-state index contributed by atoms with van der Waals surface area (Å²) in [5.41, 5.74) is 0. The summed E-state index contributed by atoms with van der Waals surface area (Å²) in [5, 5.41) is 2.90. The SMILES string of the molecule is CCCCCC[C@H](NC(=O)C1CCCCC1)C(=O)OC. The van der Waals surface area contributed by atoms with Gasteiger partial charge in [-0.1, -0.05) is 51.9 Å². The van der Waals surface area contributed by atoms with Crippen molar-refractivity contribution in [3.8, 4) is 0 Å². The molecule has 20 heavy (non-hydrogen) atoms. The molecule has 1 saturated carbocycles. The fourth-order valence-electron chi connectivity index (χ4n) is 2.82. The highest BCUT2D eigenvalue weighted by Gasteiger charge is 2.26. The molecular weight excluding hydrogens is 254 g/mol. The summed E-state index contributed by atoms with van der Waals surface area (Å²) < 4.78 is 4.80. The van der Waals surface area contributed by atoms with Crippen LogP contribution in [0.25, 0.3) is 0 Å². The molecule has 4 nitrogen and oxygen atoms in total. The fraction of sp³-hybridized carbons (Fsp3) is 0.875. The van der Waals surface area contributed by atoms with E-state index in [9.17, 15) is 9.59 Å². The first-order chi connectivity index (χ1) is 9.69. The van der Waals surface area contributed by atoms with Crippen LogP contribution in [0.2, 0.25) is 0 Å². The topological polar surface area (TPSA) is 55.4 Å². The number of methoxy groups -OCH3 is 1. The Morgan fingerprint density at radius 1 is 1.15 bits per heavy atom. The Kier molecular flexibility index (Phi) is 8.31. The number of rotatable bonds is 8. The van der Waals surface area contributed by atoms with Gasteiger partial charge in [-0.25, -0.2) is 4.79 Å². The number of nitrogens with one attached hydrogen (secondary N) is 1. The highest BCUT2D eigenvalue weighted by atomic mass is 16.5. The fourth-order valence-corrected chi connectivity index (χ4v) is 2.82. The Labute approximate surface area is 122 Å². The van der Waals surface area contributed by atoms with E-state index < -0.39 is 6.04 Å². The number of unbranched alkanes of at least 4 members (excludes halogenated alkanes) is 3. The maximum Gasteiger partial charge on any atom is 0.328 e. The van der Waals surface area contributed by atoms with E-state index in [1.165, 1.54) is 20.0 Å². The van der Waals surface area contributed by atoms with Crippen molar-refractivity contribution < 1.29 is 14.3 Å². The molecule has 1 aliphatic rings. The van der Waals surface area contributed by atoms with Crippen LogP contribution in [0.3, 0.4) is 0 Å². The molecule has 0 aliphatic heterocycles. The summed E-state index contributed by atoms with van der Waals surface area (Å²) in [6.07, 6.45) is 10.5. The van der Waals surface area contributed by atoms with E-state index in [-0.39, 0.29) is 17.8 Å². The van der Waals surface area contributed by atoms with Crippen LogP contribution in [0.4, 0.5) is 0 Å². The number of ether oxygens (including phenoxy) is 1. The smallest absolute Gasteiger partial charge is 0.328 e. The van der Waals surface area contributed by atoms with E-state index in [1.807, 2.05) is 0 Å². The maximum atomic E-state index is 12.2. The monoisotopic (exact) mass is 283 g/mol. The van der Waals surface area contributed by atoms with E-state index in [2.05, 4.69) is 12.2 Å². The second-order valence-corrected chi connectivity index (χ2v) is 5.77. The maximum absolute atomic E-state index is 12.2. The third-order valence-corrected chi connectivity index (χ3v) is 4.12. The van der Waals surface area contributed by atoms with Crippen molar-refractivity contribution in [3.63, 3.8) is 0 Å². The molecular formula is C16H29NO3. The number of amides is 1. The molecule has 1 aliphatic carbocycles. The first-order valence-corrected chi connectivity index (χ1v) is 8.07. The zero-order valence-corrected chi connectivity index (χ0v) is 13.0. The van der Waals surface area contributed by atoms with Crippen molar-refractivity contribution in [1.29, 1.82) is 0 Å². The standard InChI is InChI=1S/C16H29NO3/c1-3-4-5-9-12-14(16(19)20-2)17-15(18)13-10-7-6-8-11-13/h13-14H,3-12H2,1-2H3,(H,17,18)/t14-/m0/s1. The van der Waals surface area contributed by atoms with E-state index in [0.29, 0.717) is 6.42 Å². The average molecular weight is 283 g/mol. The molecule has 0 spiro atoms. The zero-order valence-electron chi connectivity index (χ0n) is 13.0. The van der Waals surface area contributed by atoms with Crippen molar-refractivity contribution in [2.45, 2.75) is 77.2 Å². The molecule has 0 unspecified atom stereocenters.